The smallest absolute Gasteiger partial charge is 0.137 e. The van der Waals surface area contributed by atoms with E-state index in [1.54, 1.807) is 13.8 Å². The second-order valence-corrected chi connectivity index (χ2v) is 3.36. The molecule has 1 aliphatic rings. The maximum Gasteiger partial charge on any atom is 0.137 e. The molecule has 0 aromatic heterocycles. The molecule has 66 valence electrons. The van der Waals surface area contributed by atoms with Gasteiger partial charge in [-0.1, -0.05) is 12.2 Å². The van der Waals surface area contributed by atoms with E-state index in [-0.39, 0.29) is 23.4 Å². The summed E-state index contributed by atoms with van der Waals surface area (Å²) >= 11 is 0. The summed E-state index contributed by atoms with van der Waals surface area (Å²) in [6, 6.07) is 0. The highest BCUT2D eigenvalue weighted by atomic mass is 16.1. The van der Waals surface area contributed by atoms with Crippen LogP contribution in [0.2, 0.25) is 0 Å². The predicted octanol–water partition coefficient (Wildman–Crippen LogP) is 1.75. The van der Waals surface area contributed by atoms with Gasteiger partial charge in [0, 0.05) is 11.8 Å². The Labute approximate surface area is 72.7 Å². The molecular weight excluding hydrogens is 152 g/mol. The van der Waals surface area contributed by atoms with Crippen LogP contribution in [0.15, 0.2) is 12.2 Å². The van der Waals surface area contributed by atoms with Gasteiger partial charge < -0.3 is 0 Å². The van der Waals surface area contributed by atoms with Crippen molar-refractivity contribution in [1.82, 2.24) is 0 Å². The molecule has 2 atom stereocenters. The number of allylic oxidation sites excluding steroid dienone is 2. The quantitative estimate of drug-likeness (QED) is 0.585. The Morgan fingerprint density at radius 1 is 1.25 bits per heavy atom. The minimum Gasteiger partial charge on any atom is -0.300 e. The lowest BCUT2D eigenvalue weighted by atomic mass is 9.79. The first-order valence-corrected chi connectivity index (χ1v) is 4.30. The SMILES string of the molecule is CC(=O)[C@H]1CCC=C[C@H]1C(C)=O. The van der Waals surface area contributed by atoms with Crippen LogP contribution in [0.1, 0.15) is 26.7 Å². The van der Waals surface area contributed by atoms with Crippen molar-refractivity contribution in [1.29, 1.82) is 0 Å². The van der Waals surface area contributed by atoms with Gasteiger partial charge in [-0.2, -0.15) is 0 Å². The van der Waals surface area contributed by atoms with Crippen molar-refractivity contribution in [3.63, 3.8) is 0 Å². The van der Waals surface area contributed by atoms with Gasteiger partial charge in [0.25, 0.3) is 0 Å². The summed E-state index contributed by atoms with van der Waals surface area (Å²) in [5.74, 6) is 0.0226. The van der Waals surface area contributed by atoms with Crippen molar-refractivity contribution in [3.8, 4) is 0 Å². The lowest BCUT2D eigenvalue weighted by Crippen LogP contribution is -2.27. The lowest BCUT2D eigenvalue weighted by Gasteiger charge is -2.22. The number of carbonyl (C=O) groups is 2. The first-order valence-electron chi connectivity index (χ1n) is 4.30. The van der Waals surface area contributed by atoms with Gasteiger partial charge in [0.05, 0.1) is 0 Å². The van der Waals surface area contributed by atoms with Gasteiger partial charge in [-0.15, -0.1) is 0 Å². The Morgan fingerprint density at radius 2 is 1.92 bits per heavy atom. The maximum absolute atomic E-state index is 11.1. The van der Waals surface area contributed by atoms with E-state index in [1.165, 1.54) is 0 Å². The summed E-state index contributed by atoms with van der Waals surface area (Å²) < 4.78 is 0. The number of Topliss-reactive ketones (excluding diaryl/α,β-unsaturated/α-hetero) is 2. The van der Waals surface area contributed by atoms with Gasteiger partial charge in [-0.05, 0) is 26.7 Å². The second-order valence-electron chi connectivity index (χ2n) is 3.36. The molecule has 2 nitrogen and oxygen atoms in total. The molecule has 0 heterocycles. The van der Waals surface area contributed by atoms with E-state index in [0.717, 1.165) is 12.8 Å². The standard InChI is InChI=1S/C10H14O2/c1-7(11)9-5-3-4-6-10(9)8(2)12/h3,5,9-10H,4,6H2,1-2H3/t9-,10+/m0/s1. The monoisotopic (exact) mass is 166 g/mol. The van der Waals surface area contributed by atoms with Gasteiger partial charge in [0.15, 0.2) is 0 Å². The van der Waals surface area contributed by atoms with Gasteiger partial charge in [0.1, 0.15) is 11.6 Å². The number of hydrogen-bond donors (Lipinski definition) is 0. The first-order chi connectivity index (χ1) is 5.63. The Kier molecular flexibility index (Phi) is 2.79. The largest absolute Gasteiger partial charge is 0.300 e. The number of ketones is 2. The molecule has 0 aromatic rings. The molecule has 0 N–H and O–H groups in total. The van der Waals surface area contributed by atoms with Crippen LogP contribution in [-0.2, 0) is 9.59 Å². The zero-order chi connectivity index (χ0) is 9.14. The van der Waals surface area contributed by atoms with Crippen LogP contribution in [0.3, 0.4) is 0 Å². The molecular formula is C10H14O2. The first kappa shape index (κ1) is 9.17. The Balaban J connectivity index is 2.79. The van der Waals surface area contributed by atoms with Crippen LogP contribution in [0, 0.1) is 11.8 Å². The lowest BCUT2D eigenvalue weighted by molar-refractivity contribution is -0.129. The van der Waals surface area contributed by atoms with E-state index < -0.39 is 0 Å². The van der Waals surface area contributed by atoms with Crippen molar-refractivity contribution >= 4 is 11.6 Å². The molecule has 0 aromatic carbocycles. The molecule has 1 aliphatic carbocycles. The van der Waals surface area contributed by atoms with E-state index in [1.807, 2.05) is 12.2 Å². The molecule has 0 fully saturated rings. The summed E-state index contributed by atoms with van der Waals surface area (Å²) in [5.41, 5.74) is 0. The Bertz CT molecular complexity index is 228. The summed E-state index contributed by atoms with van der Waals surface area (Å²) in [6.45, 7) is 3.12. The maximum atomic E-state index is 11.1. The second kappa shape index (κ2) is 3.65. The highest BCUT2D eigenvalue weighted by molar-refractivity contribution is 5.89. The molecule has 1 rings (SSSR count). The topological polar surface area (TPSA) is 34.1 Å². The highest BCUT2D eigenvalue weighted by Crippen LogP contribution is 2.26. The molecule has 0 bridgehead atoms. The van der Waals surface area contributed by atoms with Crippen molar-refractivity contribution in [2.24, 2.45) is 11.8 Å². The number of rotatable bonds is 2. The molecule has 0 saturated heterocycles. The molecule has 12 heavy (non-hydrogen) atoms. The van der Waals surface area contributed by atoms with Gasteiger partial charge in [-0.25, -0.2) is 0 Å². The third-order valence-electron chi connectivity index (χ3n) is 2.41. The Hall–Kier alpha value is -0.920. The van der Waals surface area contributed by atoms with Crippen LogP contribution in [0.4, 0.5) is 0 Å². The summed E-state index contributed by atoms with van der Waals surface area (Å²) in [7, 11) is 0. The van der Waals surface area contributed by atoms with Crippen LogP contribution in [0.5, 0.6) is 0 Å². The summed E-state index contributed by atoms with van der Waals surface area (Å²) in [6.07, 6.45) is 5.62. The van der Waals surface area contributed by atoms with Crippen molar-refractivity contribution in [2.75, 3.05) is 0 Å². The van der Waals surface area contributed by atoms with Crippen molar-refractivity contribution in [3.05, 3.63) is 12.2 Å². The van der Waals surface area contributed by atoms with E-state index in [4.69, 9.17) is 0 Å². The van der Waals surface area contributed by atoms with Crippen LogP contribution < -0.4 is 0 Å². The molecule has 0 unspecified atom stereocenters. The zero-order valence-corrected chi connectivity index (χ0v) is 7.54. The van der Waals surface area contributed by atoms with Crippen LogP contribution >= 0.6 is 0 Å². The summed E-state index contributed by atoms with van der Waals surface area (Å²) in [4.78, 5) is 22.2. The number of carbonyl (C=O) groups excluding carboxylic acids is 2. The Morgan fingerprint density at radius 3 is 2.33 bits per heavy atom. The summed E-state index contributed by atoms with van der Waals surface area (Å²) in [5, 5.41) is 0. The van der Waals surface area contributed by atoms with Gasteiger partial charge >= 0.3 is 0 Å². The van der Waals surface area contributed by atoms with Crippen LogP contribution in [0.25, 0.3) is 0 Å². The number of hydrogen-bond acceptors (Lipinski definition) is 2. The molecule has 0 aliphatic heterocycles. The third-order valence-corrected chi connectivity index (χ3v) is 2.41. The van der Waals surface area contributed by atoms with E-state index in [9.17, 15) is 9.59 Å². The molecule has 0 radical (unpaired) electrons. The molecule has 0 spiro atoms. The van der Waals surface area contributed by atoms with E-state index in [2.05, 4.69) is 0 Å². The van der Waals surface area contributed by atoms with Crippen LogP contribution in [-0.4, -0.2) is 11.6 Å². The minimum absolute atomic E-state index is 0.0625. The van der Waals surface area contributed by atoms with Gasteiger partial charge in [-0.3, -0.25) is 9.59 Å². The fraction of sp³-hybridized carbons (Fsp3) is 0.600. The van der Waals surface area contributed by atoms with Gasteiger partial charge in [0.2, 0.25) is 0 Å². The molecule has 0 saturated carbocycles. The fourth-order valence-electron chi connectivity index (χ4n) is 1.71. The van der Waals surface area contributed by atoms with Crippen molar-refractivity contribution < 1.29 is 9.59 Å². The van der Waals surface area contributed by atoms with E-state index in [0.29, 0.717) is 0 Å². The predicted molar refractivity (Wildman–Crippen MR) is 46.7 cm³/mol. The average molecular weight is 166 g/mol. The highest BCUT2D eigenvalue weighted by Gasteiger charge is 2.28. The minimum atomic E-state index is -0.156. The third kappa shape index (κ3) is 1.81. The molecule has 2 heteroatoms. The molecule has 0 amide bonds. The van der Waals surface area contributed by atoms with E-state index >= 15 is 0 Å². The fourth-order valence-corrected chi connectivity index (χ4v) is 1.71. The average Bonchev–Trinajstić information content (AvgIpc) is 2.04. The van der Waals surface area contributed by atoms with Crippen molar-refractivity contribution in [2.45, 2.75) is 26.7 Å². The zero-order valence-electron chi connectivity index (χ0n) is 7.54. The normalized spacial score (nSPS) is 28.5.